The molecule has 0 spiro atoms. The van der Waals surface area contributed by atoms with Crippen molar-refractivity contribution in [2.45, 2.75) is 25.3 Å². The van der Waals surface area contributed by atoms with Gasteiger partial charge in [-0.2, -0.15) is 0 Å². The van der Waals surface area contributed by atoms with E-state index in [0.717, 1.165) is 19.4 Å². The molecule has 0 aromatic heterocycles. The minimum atomic E-state index is -0.908. The Hall–Kier alpha value is -0.610. The van der Waals surface area contributed by atoms with E-state index in [0.29, 0.717) is 6.42 Å². The van der Waals surface area contributed by atoms with E-state index in [1.807, 2.05) is 7.05 Å². The third-order valence-corrected chi connectivity index (χ3v) is 1.51. The van der Waals surface area contributed by atoms with Crippen molar-refractivity contribution < 1.29 is 9.90 Å². The largest absolute Gasteiger partial charge is 0.480 e. The van der Waals surface area contributed by atoms with Crippen LogP contribution in [0.3, 0.4) is 0 Å². The molecule has 0 saturated carbocycles. The fourth-order valence-corrected chi connectivity index (χ4v) is 0.790. The molecule has 0 fully saturated rings. The minimum absolute atomic E-state index is 0.566. The highest BCUT2D eigenvalue weighted by molar-refractivity contribution is 5.72. The summed E-state index contributed by atoms with van der Waals surface area (Å²) in [6.45, 7) is 0.923. The molecule has 4 N–H and O–H groups in total. The van der Waals surface area contributed by atoms with Crippen LogP contribution in [-0.4, -0.2) is 30.7 Å². The summed E-state index contributed by atoms with van der Waals surface area (Å²) in [4.78, 5) is 10.2. The van der Waals surface area contributed by atoms with Gasteiger partial charge >= 0.3 is 5.97 Å². The Labute approximate surface area is 66.8 Å². The average Bonchev–Trinajstić information content (AvgIpc) is 1.97. The van der Waals surface area contributed by atoms with Crippen molar-refractivity contribution in [3.8, 4) is 0 Å². The molecule has 0 saturated heterocycles. The Morgan fingerprint density at radius 1 is 1.64 bits per heavy atom. The Morgan fingerprint density at radius 3 is 2.73 bits per heavy atom. The number of unbranched alkanes of at least 4 members (excludes halogenated alkanes) is 1. The van der Waals surface area contributed by atoms with Crippen molar-refractivity contribution >= 4 is 5.97 Å². The van der Waals surface area contributed by atoms with Crippen LogP contribution in [0.5, 0.6) is 0 Å². The van der Waals surface area contributed by atoms with Gasteiger partial charge in [-0.25, -0.2) is 0 Å². The van der Waals surface area contributed by atoms with E-state index in [4.69, 9.17) is 10.8 Å². The third-order valence-electron chi connectivity index (χ3n) is 1.51. The number of hydrogen-bond donors (Lipinski definition) is 3. The number of carboxylic acids is 1. The number of hydrogen-bond acceptors (Lipinski definition) is 3. The van der Waals surface area contributed by atoms with E-state index in [1.165, 1.54) is 0 Å². The molecular weight excluding hydrogens is 144 g/mol. The summed E-state index contributed by atoms with van der Waals surface area (Å²) in [5, 5.41) is 11.4. The molecule has 1 atom stereocenters. The maximum atomic E-state index is 10.2. The van der Waals surface area contributed by atoms with Crippen molar-refractivity contribution in [2.75, 3.05) is 13.6 Å². The third kappa shape index (κ3) is 5.82. The molecule has 66 valence electrons. The average molecular weight is 160 g/mol. The monoisotopic (exact) mass is 160 g/mol. The lowest BCUT2D eigenvalue weighted by molar-refractivity contribution is -0.138. The normalized spacial score (nSPS) is 12.9. The van der Waals surface area contributed by atoms with Gasteiger partial charge in [0.2, 0.25) is 0 Å². The number of aliphatic carboxylic acids is 1. The van der Waals surface area contributed by atoms with Crippen molar-refractivity contribution in [1.82, 2.24) is 5.32 Å². The second-order valence-electron chi connectivity index (χ2n) is 2.54. The van der Waals surface area contributed by atoms with Gasteiger partial charge in [0, 0.05) is 0 Å². The summed E-state index contributed by atoms with van der Waals surface area (Å²) in [6, 6.07) is -0.688. The number of carbonyl (C=O) groups is 1. The standard InChI is InChI=1S/C7H16N2O2/c1-9-5-3-2-4-6(8)7(10)11/h6,9H,2-5,8H2,1H3,(H,10,11). The highest BCUT2D eigenvalue weighted by Gasteiger charge is 2.09. The molecule has 0 radical (unpaired) electrons. The summed E-state index contributed by atoms with van der Waals surface area (Å²) in [6.07, 6.45) is 2.42. The second kappa shape index (κ2) is 6.12. The predicted octanol–water partition coefficient (Wildman–Crippen LogP) is -0.212. The fourth-order valence-electron chi connectivity index (χ4n) is 0.790. The highest BCUT2D eigenvalue weighted by atomic mass is 16.4. The number of carboxylic acid groups (broad SMARTS) is 1. The van der Waals surface area contributed by atoms with Gasteiger partial charge in [0.05, 0.1) is 0 Å². The zero-order chi connectivity index (χ0) is 8.69. The Morgan fingerprint density at radius 2 is 2.27 bits per heavy atom. The van der Waals surface area contributed by atoms with Crippen LogP contribution in [0.15, 0.2) is 0 Å². The van der Waals surface area contributed by atoms with E-state index in [1.54, 1.807) is 0 Å². The molecule has 0 aromatic rings. The Kier molecular flexibility index (Phi) is 5.78. The Balaban J connectivity index is 3.17. The van der Waals surface area contributed by atoms with E-state index in [9.17, 15) is 4.79 Å². The van der Waals surface area contributed by atoms with Gasteiger partial charge in [-0.3, -0.25) is 4.79 Å². The molecule has 4 nitrogen and oxygen atoms in total. The quantitative estimate of drug-likeness (QED) is 0.470. The van der Waals surface area contributed by atoms with Gasteiger partial charge in [0.15, 0.2) is 0 Å². The zero-order valence-electron chi connectivity index (χ0n) is 6.84. The van der Waals surface area contributed by atoms with Gasteiger partial charge < -0.3 is 16.2 Å². The fraction of sp³-hybridized carbons (Fsp3) is 0.857. The smallest absolute Gasteiger partial charge is 0.320 e. The lowest BCUT2D eigenvalue weighted by atomic mass is 10.1. The molecule has 0 aromatic carbocycles. The van der Waals surface area contributed by atoms with E-state index >= 15 is 0 Å². The summed E-state index contributed by atoms with van der Waals surface area (Å²) >= 11 is 0. The van der Waals surface area contributed by atoms with E-state index < -0.39 is 12.0 Å². The predicted molar refractivity (Wildman–Crippen MR) is 43.4 cm³/mol. The first-order chi connectivity index (χ1) is 5.18. The molecular formula is C7H16N2O2. The summed E-state index contributed by atoms with van der Waals surface area (Å²) < 4.78 is 0. The van der Waals surface area contributed by atoms with Crippen LogP contribution in [0.25, 0.3) is 0 Å². The van der Waals surface area contributed by atoms with Crippen LogP contribution in [0, 0.1) is 0 Å². The summed E-state index contributed by atoms with van der Waals surface area (Å²) in [5.74, 6) is -0.908. The SMILES string of the molecule is CNCCCCC(N)C(=O)O. The molecule has 0 amide bonds. The van der Waals surface area contributed by atoms with Gasteiger partial charge in [0.25, 0.3) is 0 Å². The second-order valence-corrected chi connectivity index (χ2v) is 2.54. The summed E-state index contributed by atoms with van der Waals surface area (Å²) in [7, 11) is 1.87. The number of nitrogens with one attached hydrogen (secondary N) is 1. The van der Waals surface area contributed by atoms with E-state index in [2.05, 4.69) is 5.32 Å². The molecule has 4 heteroatoms. The first kappa shape index (κ1) is 10.4. The zero-order valence-corrected chi connectivity index (χ0v) is 6.84. The minimum Gasteiger partial charge on any atom is -0.480 e. The molecule has 0 bridgehead atoms. The van der Waals surface area contributed by atoms with Crippen molar-refractivity contribution in [3.05, 3.63) is 0 Å². The topological polar surface area (TPSA) is 75.3 Å². The van der Waals surface area contributed by atoms with Crippen LogP contribution >= 0.6 is 0 Å². The molecule has 0 rings (SSSR count). The molecule has 0 aliphatic carbocycles. The van der Waals surface area contributed by atoms with Crippen LogP contribution in [0.2, 0.25) is 0 Å². The molecule has 0 heterocycles. The van der Waals surface area contributed by atoms with Crippen LogP contribution in [0.1, 0.15) is 19.3 Å². The van der Waals surface area contributed by atoms with Gasteiger partial charge in [-0.05, 0) is 26.4 Å². The molecule has 0 aliphatic rings. The number of rotatable bonds is 6. The maximum absolute atomic E-state index is 10.2. The van der Waals surface area contributed by atoms with Gasteiger partial charge in [0.1, 0.15) is 6.04 Å². The van der Waals surface area contributed by atoms with Crippen LogP contribution < -0.4 is 11.1 Å². The van der Waals surface area contributed by atoms with Crippen molar-refractivity contribution in [2.24, 2.45) is 5.73 Å². The molecule has 1 unspecified atom stereocenters. The van der Waals surface area contributed by atoms with E-state index in [-0.39, 0.29) is 0 Å². The number of nitrogens with two attached hydrogens (primary N) is 1. The summed E-state index contributed by atoms with van der Waals surface area (Å²) in [5.41, 5.74) is 5.28. The van der Waals surface area contributed by atoms with Gasteiger partial charge in [-0.1, -0.05) is 6.42 Å². The first-order valence-corrected chi connectivity index (χ1v) is 3.81. The highest BCUT2D eigenvalue weighted by Crippen LogP contribution is 1.97. The lowest BCUT2D eigenvalue weighted by Crippen LogP contribution is -2.29. The van der Waals surface area contributed by atoms with Gasteiger partial charge in [-0.15, -0.1) is 0 Å². The first-order valence-electron chi connectivity index (χ1n) is 3.81. The molecule has 11 heavy (non-hydrogen) atoms. The van der Waals surface area contributed by atoms with Crippen molar-refractivity contribution in [3.63, 3.8) is 0 Å². The van der Waals surface area contributed by atoms with Crippen LogP contribution in [-0.2, 0) is 4.79 Å². The molecule has 0 aliphatic heterocycles. The van der Waals surface area contributed by atoms with Crippen molar-refractivity contribution in [1.29, 1.82) is 0 Å². The lowest BCUT2D eigenvalue weighted by Gasteiger charge is -2.04. The van der Waals surface area contributed by atoms with Crippen LogP contribution in [0.4, 0.5) is 0 Å². The Bertz CT molecular complexity index is 117. The maximum Gasteiger partial charge on any atom is 0.320 e.